The first-order valence-electron chi connectivity index (χ1n) is 9.61. The summed E-state index contributed by atoms with van der Waals surface area (Å²) < 4.78 is 28.1. The third-order valence-corrected chi connectivity index (χ3v) is 6.24. The Bertz CT molecular complexity index is 1060. The molecule has 2 N–H and O–H groups in total. The fourth-order valence-corrected chi connectivity index (χ4v) is 4.10. The fourth-order valence-electron chi connectivity index (χ4n) is 3.02. The maximum atomic E-state index is 12.8. The summed E-state index contributed by atoms with van der Waals surface area (Å²) >= 11 is 0. The molecule has 1 atom stereocenters. The summed E-state index contributed by atoms with van der Waals surface area (Å²) in [6.07, 6.45) is 1.04. The van der Waals surface area contributed by atoms with Crippen molar-refractivity contribution in [3.8, 4) is 0 Å². The lowest BCUT2D eigenvalue weighted by Gasteiger charge is -2.16. The fraction of sp³-hybridized carbons (Fsp3) is 0.286. The monoisotopic (exact) mass is 429 g/mol. The second-order valence-corrected chi connectivity index (χ2v) is 8.73. The average Bonchev–Trinajstić information content (AvgIpc) is 3.06. The van der Waals surface area contributed by atoms with Gasteiger partial charge in [-0.3, -0.25) is 24.0 Å². The Morgan fingerprint density at radius 2 is 1.63 bits per heavy atom. The van der Waals surface area contributed by atoms with E-state index in [0.717, 1.165) is 11.3 Å². The largest absolute Gasteiger partial charge is 0.350 e. The molecular formula is C21H23N3O5S. The number of anilines is 2. The van der Waals surface area contributed by atoms with Crippen LogP contribution in [0, 0.1) is 0 Å². The van der Waals surface area contributed by atoms with Crippen LogP contribution in [0.1, 0.15) is 43.5 Å². The summed E-state index contributed by atoms with van der Waals surface area (Å²) in [6.45, 7) is 3.80. The van der Waals surface area contributed by atoms with E-state index in [1.807, 2.05) is 13.8 Å². The highest BCUT2D eigenvalue weighted by Gasteiger charge is 2.30. The quantitative estimate of drug-likeness (QED) is 0.657. The minimum absolute atomic E-state index is 0.0503. The van der Waals surface area contributed by atoms with Crippen molar-refractivity contribution in [2.75, 3.05) is 9.62 Å². The van der Waals surface area contributed by atoms with E-state index < -0.39 is 10.0 Å². The van der Waals surface area contributed by atoms with E-state index in [2.05, 4.69) is 10.0 Å². The van der Waals surface area contributed by atoms with Crippen LogP contribution in [0.25, 0.3) is 0 Å². The second kappa shape index (κ2) is 8.66. The minimum Gasteiger partial charge on any atom is -0.350 e. The third kappa shape index (κ3) is 4.51. The van der Waals surface area contributed by atoms with Crippen LogP contribution in [0.5, 0.6) is 0 Å². The smallest absolute Gasteiger partial charge is 0.261 e. The van der Waals surface area contributed by atoms with Crippen LogP contribution < -0.4 is 14.9 Å². The van der Waals surface area contributed by atoms with E-state index in [-0.39, 0.29) is 52.8 Å². The van der Waals surface area contributed by atoms with Gasteiger partial charge in [-0.2, -0.15) is 0 Å². The van der Waals surface area contributed by atoms with Crippen LogP contribution in [-0.4, -0.2) is 32.2 Å². The van der Waals surface area contributed by atoms with Gasteiger partial charge in [-0.25, -0.2) is 8.42 Å². The van der Waals surface area contributed by atoms with Crippen molar-refractivity contribution in [3.63, 3.8) is 0 Å². The molecular weight excluding hydrogens is 406 g/mol. The molecule has 0 aliphatic carbocycles. The van der Waals surface area contributed by atoms with Gasteiger partial charge in [-0.15, -0.1) is 0 Å². The van der Waals surface area contributed by atoms with E-state index in [1.165, 1.54) is 30.3 Å². The van der Waals surface area contributed by atoms with E-state index in [0.29, 0.717) is 5.69 Å². The van der Waals surface area contributed by atoms with E-state index in [4.69, 9.17) is 0 Å². The number of carbonyl (C=O) groups excluding carboxylic acids is 3. The van der Waals surface area contributed by atoms with Gasteiger partial charge in [-0.1, -0.05) is 19.1 Å². The molecule has 0 saturated carbocycles. The van der Waals surface area contributed by atoms with Crippen molar-refractivity contribution in [1.29, 1.82) is 0 Å². The number of imide groups is 1. The zero-order valence-electron chi connectivity index (χ0n) is 16.7. The molecule has 1 aliphatic heterocycles. The van der Waals surface area contributed by atoms with Gasteiger partial charge >= 0.3 is 0 Å². The Balaban J connectivity index is 1.83. The Morgan fingerprint density at radius 1 is 1.03 bits per heavy atom. The Hall–Kier alpha value is -3.20. The number of carbonyl (C=O) groups is 3. The molecule has 0 spiro atoms. The van der Waals surface area contributed by atoms with Gasteiger partial charge in [0.15, 0.2) is 0 Å². The molecule has 8 nitrogen and oxygen atoms in total. The van der Waals surface area contributed by atoms with Crippen LogP contribution in [0.15, 0.2) is 53.4 Å². The lowest BCUT2D eigenvalue weighted by atomic mass is 10.1. The molecule has 2 aromatic rings. The van der Waals surface area contributed by atoms with Crippen LogP contribution in [0.2, 0.25) is 0 Å². The SMILES string of the molecule is CC[C@H](C)NC(=O)c1ccccc1NS(=O)(=O)c1ccc(N2C(=O)CCC2=O)cc1. The number of hydrogen-bond donors (Lipinski definition) is 2. The van der Waals surface area contributed by atoms with Gasteiger partial charge in [-0.05, 0) is 49.7 Å². The highest BCUT2D eigenvalue weighted by Crippen LogP contribution is 2.25. The van der Waals surface area contributed by atoms with Crippen molar-refractivity contribution in [2.45, 2.75) is 44.0 Å². The number of amides is 3. The van der Waals surface area contributed by atoms with E-state index in [1.54, 1.807) is 18.2 Å². The molecule has 3 amide bonds. The van der Waals surface area contributed by atoms with Crippen LogP contribution in [-0.2, 0) is 19.6 Å². The maximum absolute atomic E-state index is 12.8. The van der Waals surface area contributed by atoms with Gasteiger partial charge in [0.2, 0.25) is 11.8 Å². The standard InChI is InChI=1S/C21H23N3O5S/c1-3-14(2)22-21(27)17-6-4-5-7-18(17)23-30(28,29)16-10-8-15(9-11-16)24-19(25)12-13-20(24)26/h4-11,14,23H,3,12-13H2,1-2H3,(H,22,27)/t14-/m0/s1. The van der Waals surface area contributed by atoms with Gasteiger partial charge in [0, 0.05) is 18.9 Å². The summed E-state index contributed by atoms with van der Waals surface area (Å²) in [5.41, 5.74) is 0.702. The summed E-state index contributed by atoms with van der Waals surface area (Å²) in [5, 5.41) is 2.82. The molecule has 1 fully saturated rings. The van der Waals surface area contributed by atoms with Crippen molar-refractivity contribution in [1.82, 2.24) is 5.32 Å². The van der Waals surface area contributed by atoms with Gasteiger partial charge in [0.1, 0.15) is 0 Å². The Kier molecular flexibility index (Phi) is 6.21. The molecule has 1 saturated heterocycles. The predicted octanol–water partition coefficient (Wildman–Crippen LogP) is 2.67. The summed E-state index contributed by atoms with van der Waals surface area (Å²) in [7, 11) is -3.99. The average molecular weight is 429 g/mol. The molecule has 158 valence electrons. The minimum atomic E-state index is -3.99. The van der Waals surface area contributed by atoms with Crippen molar-refractivity contribution in [3.05, 3.63) is 54.1 Å². The molecule has 0 bridgehead atoms. The maximum Gasteiger partial charge on any atom is 0.261 e. The summed E-state index contributed by atoms with van der Waals surface area (Å²) in [4.78, 5) is 37.2. The molecule has 0 radical (unpaired) electrons. The molecule has 9 heteroatoms. The normalized spacial score (nSPS) is 15.2. The van der Waals surface area contributed by atoms with E-state index in [9.17, 15) is 22.8 Å². The van der Waals surface area contributed by atoms with Crippen LogP contribution in [0.4, 0.5) is 11.4 Å². The topological polar surface area (TPSA) is 113 Å². The summed E-state index contributed by atoms with van der Waals surface area (Å²) in [5.74, 6) is -0.992. The number of rotatable bonds is 7. The lowest BCUT2D eigenvalue weighted by Crippen LogP contribution is -2.32. The number of para-hydroxylation sites is 1. The zero-order chi connectivity index (χ0) is 21.9. The first-order valence-corrected chi connectivity index (χ1v) is 11.1. The lowest BCUT2D eigenvalue weighted by molar-refractivity contribution is -0.121. The molecule has 1 aliphatic rings. The number of sulfonamides is 1. The Morgan fingerprint density at radius 3 is 2.23 bits per heavy atom. The molecule has 1 heterocycles. The van der Waals surface area contributed by atoms with Crippen LogP contribution in [0.3, 0.4) is 0 Å². The Labute approximate surface area is 175 Å². The number of nitrogens with zero attached hydrogens (tertiary/aromatic N) is 1. The molecule has 3 rings (SSSR count). The van der Waals surface area contributed by atoms with Gasteiger partial charge in [0.05, 0.1) is 21.8 Å². The zero-order valence-corrected chi connectivity index (χ0v) is 17.5. The number of benzene rings is 2. The molecule has 0 aromatic heterocycles. The number of hydrogen-bond acceptors (Lipinski definition) is 5. The first-order chi connectivity index (χ1) is 14.2. The van der Waals surface area contributed by atoms with Crippen LogP contribution >= 0.6 is 0 Å². The summed E-state index contributed by atoms with van der Waals surface area (Å²) in [6, 6.07) is 11.8. The number of nitrogens with one attached hydrogen (secondary N) is 2. The highest BCUT2D eigenvalue weighted by molar-refractivity contribution is 7.92. The van der Waals surface area contributed by atoms with E-state index >= 15 is 0 Å². The predicted molar refractivity (Wildman–Crippen MR) is 113 cm³/mol. The van der Waals surface area contributed by atoms with Gasteiger partial charge in [0.25, 0.3) is 15.9 Å². The second-order valence-electron chi connectivity index (χ2n) is 7.05. The van der Waals surface area contributed by atoms with Crippen molar-refractivity contribution < 1.29 is 22.8 Å². The molecule has 30 heavy (non-hydrogen) atoms. The molecule has 2 aromatic carbocycles. The molecule has 0 unspecified atom stereocenters. The first kappa shape index (κ1) is 21.5. The third-order valence-electron chi connectivity index (χ3n) is 4.86. The van der Waals surface area contributed by atoms with Gasteiger partial charge < -0.3 is 5.32 Å². The van der Waals surface area contributed by atoms with Crippen molar-refractivity contribution in [2.24, 2.45) is 0 Å². The highest BCUT2D eigenvalue weighted by atomic mass is 32.2. The van der Waals surface area contributed by atoms with Crippen molar-refractivity contribution >= 4 is 39.1 Å².